The van der Waals surface area contributed by atoms with Gasteiger partial charge in [0.05, 0.1) is 12.1 Å². The average molecular weight is 269 g/mol. The van der Waals surface area contributed by atoms with Crippen LogP contribution in [0.3, 0.4) is 0 Å². The summed E-state index contributed by atoms with van der Waals surface area (Å²) in [6, 6.07) is 5.94. The predicted molar refractivity (Wildman–Crippen MR) is 63.9 cm³/mol. The summed E-state index contributed by atoms with van der Waals surface area (Å²) < 4.78 is 0.870. The molecule has 0 spiro atoms. The first kappa shape index (κ1) is 10.6. The Balaban J connectivity index is 2.75. The normalized spacial score (nSPS) is 12.3. The van der Waals surface area contributed by atoms with Gasteiger partial charge in [0.15, 0.2) is 0 Å². The van der Waals surface area contributed by atoms with Crippen LogP contribution >= 0.6 is 15.9 Å². The van der Waals surface area contributed by atoms with E-state index in [1.165, 1.54) is 0 Å². The van der Waals surface area contributed by atoms with Crippen molar-refractivity contribution in [2.45, 2.75) is 19.3 Å². The Morgan fingerprint density at radius 3 is 2.87 bits per heavy atom. The molecule has 0 aliphatic carbocycles. The smallest absolute Gasteiger partial charge is 0.109 e. The molecule has 0 aliphatic rings. The lowest BCUT2D eigenvalue weighted by Gasteiger charge is -2.23. The summed E-state index contributed by atoms with van der Waals surface area (Å²) in [4.78, 5) is 0. The maximum Gasteiger partial charge on any atom is 0.109 e. The first-order chi connectivity index (χ1) is 7.06. The number of fused-ring (bicyclic) bond motifs is 1. The summed E-state index contributed by atoms with van der Waals surface area (Å²) in [5.74, 6) is 0. The number of hydrogen-bond acceptors (Lipinski definition) is 2. The highest BCUT2D eigenvalue weighted by molar-refractivity contribution is 9.10. The molecule has 0 atom stereocenters. The Hall–Kier alpha value is -0.870. The van der Waals surface area contributed by atoms with Gasteiger partial charge in [-0.3, -0.25) is 5.10 Å². The monoisotopic (exact) mass is 268 g/mol. The van der Waals surface area contributed by atoms with Gasteiger partial charge >= 0.3 is 0 Å². The summed E-state index contributed by atoms with van der Waals surface area (Å²) >= 11 is 3.44. The Labute approximate surface area is 96.6 Å². The number of benzene rings is 1. The van der Waals surface area contributed by atoms with Crippen LogP contribution in [0.1, 0.15) is 19.4 Å². The van der Waals surface area contributed by atoms with Crippen molar-refractivity contribution in [3.8, 4) is 0 Å². The zero-order valence-corrected chi connectivity index (χ0v) is 10.3. The largest absolute Gasteiger partial charge is 0.395 e. The van der Waals surface area contributed by atoms with Crippen molar-refractivity contribution in [1.82, 2.24) is 10.2 Å². The maximum absolute atomic E-state index is 9.39. The van der Waals surface area contributed by atoms with Crippen LogP contribution < -0.4 is 0 Å². The molecular formula is C11H13BrN2O. The minimum absolute atomic E-state index is 0.115. The van der Waals surface area contributed by atoms with E-state index in [0.29, 0.717) is 0 Å². The van der Waals surface area contributed by atoms with Crippen molar-refractivity contribution >= 4 is 26.8 Å². The second-order valence-corrected chi connectivity index (χ2v) is 5.07. The zero-order valence-electron chi connectivity index (χ0n) is 8.71. The van der Waals surface area contributed by atoms with Crippen molar-refractivity contribution in [3.63, 3.8) is 0 Å². The molecule has 1 aromatic heterocycles. The van der Waals surface area contributed by atoms with Crippen molar-refractivity contribution in [1.29, 1.82) is 0 Å². The molecule has 3 nitrogen and oxygen atoms in total. The lowest BCUT2D eigenvalue weighted by atomic mass is 9.84. The molecule has 2 N–H and O–H groups in total. The third-order valence-corrected chi connectivity index (χ3v) is 3.23. The van der Waals surface area contributed by atoms with Crippen molar-refractivity contribution in [3.05, 3.63) is 28.4 Å². The van der Waals surface area contributed by atoms with Gasteiger partial charge in [0, 0.05) is 10.8 Å². The van der Waals surface area contributed by atoms with Crippen LogP contribution in [0, 0.1) is 0 Å². The van der Waals surface area contributed by atoms with Gasteiger partial charge in [-0.25, -0.2) is 0 Å². The van der Waals surface area contributed by atoms with Crippen LogP contribution in [0.25, 0.3) is 10.9 Å². The molecule has 0 amide bonds. The molecule has 80 valence electrons. The van der Waals surface area contributed by atoms with Crippen molar-refractivity contribution in [2.75, 3.05) is 6.61 Å². The molecule has 2 rings (SSSR count). The van der Waals surface area contributed by atoms with Crippen LogP contribution in [-0.4, -0.2) is 21.9 Å². The van der Waals surface area contributed by atoms with Crippen molar-refractivity contribution < 1.29 is 5.11 Å². The Kier molecular flexibility index (Phi) is 2.56. The summed E-state index contributed by atoms with van der Waals surface area (Å²) in [7, 11) is 0. The van der Waals surface area contributed by atoms with E-state index in [0.717, 1.165) is 21.1 Å². The van der Waals surface area contributed by atoms with E-state index in [9.17, 15) is 5.11 Å². The number of hydrogen-bond donors (Lipinski definition) is 2. The molecule has 1 aromatic carbocycles. The number of aliphatic hydroxyl groups excluding tert-OH is 1. The fourth-order valence-electron chi connectivity index (χ4n) is 1.68. The number of nitrogens with zero attached hydrogens (tertiary/aromatic N) is 1. The first-order valence-corrected chi connectivity index (χ1v) is 5.59. The fourth-order valence-corrected chi connectivity index (χ4v) is 2.18. The summed E-state index contributed by atoms with van der Waals surface area (Å²) in [6.45, 7) is 4.14. The van der Waals surface area contributed by atoms with E-state index in [-0.39, 0.29) is 12.0 Å². The lowest BCUT2D eigenvalue weighted by molar-refractivity contribution is 0.219. The first-order valence-electron chi connectivity index (χ1n) is 4.80. The highest BCUT2D eigenvalue weighted by atomic mass is 79.9. The third kappa shape index (κ3) is 1.68. The highest BCUT2D eigenvalue weighted by Gasteiger charge is 2.23. The summed E-state index contributed by atoms with van der Waals surface area (Å²) in [5.41, 5.74) is 1.76. The number of rotatable bonds is 2. The Morgan fingerprint density at radius 2 is 2.20 bits per heavy atom. The number of aliphatic hydroxyl groups is 1. The minimum atomic E-state index is -0.258. The van der Waals surface area contributed by atoms with E-state index < -0.39 is 0 Å². The molecule has 0 aliphatic heterocycles. The van der Waals surface area contributed by atoms with Gasteiger partial charge in [-0.2, -0.15) is 5.10 Å². The van der Waals surface area contributed by atoms with Gasteiger partial charge in [-0.15, -0.1) is 0 Å². The molecule has 0 saturated heterocycles. The quantitative estimate of drug-likeness (QED) is 0.880. The SMILES string of the molecule is CC(C)(CO)c1cccc2n[nH]c(Br)c12. The summed E-state index contributed by atoms with van der Waals surface area (Å²) in [6.07, 6.45) is 0. The van der Waals surface area contributed by atoms with Crippen molar-refractivity contribution in [2.24, 2.45) is 0 Å². The van der Waals surface area contributed by atoms with Crippen LogP contribution in [0.2, 0.25) is 0 Å². The molecule has 15 heavy (non-hydrogen) atoms. The zero-order chi connectivity index (χ0) is 11.1. The Bertz CT molecular complexity index is 490. The predicted octanol–water partition coefficient (Wildman–Crippen LogP) is 2.60. The van der Waals surface area contributed by atoms with Gasteiger partial charge in [0.25, 0.3) is 0 Å². The molecule has 0 bridgehead atoms. The molecule has 1 heterocycles. The molecule has 0 fully saturated rings. The van der Waals surface area contributed by atoms with E-state index in [2.05, 4.69) is 26.1 Å². The van der Waals surface area contributed by atoms with Crippen LogP contribution in [0.15, 0.2) is 22.8 Å². The van der Waals surface area contributed by atoms with Gasteiger partial charge in [0.1, 0.15) is 4.60 Å². The number of halogens is 1. The van der Waals surface area contributed by atoms with Gasteiger partial charge in [0.2, 0.25) is 0 Å². The third-order valence-electron chi connectivity index (χ3n) is 2.66. The highest BCUT2D eigenvalue weighted by Crippen LogP contribution is 2.33. The summed E-state index contributed by atoms with van der Waals surface area (Å²) in [5, 5.41) is 17.5. The van der Waals surface area contributed by atoms with E-state index >= 15 is 0 Å². The van der Waals surface area contributed by atoms with E-state index in [1.807, 2.05) is 32.0 Å². The number of nitrogens with one attached hydrogen (secondary N) is 1. The number of aromatic amines is 1. The number of aromatic nitrogens is 2. The molecule has 0 unspecified atom stereocenters. The second kappa shape index (κ2) is 3.61. The van der Waals surface area contributed by atoms with Gasteiger partial charge in [-0.05, 0) is 27.6 Å². The molecule has 2 aromatic rings. The van der Waals surface area contributed by atoms with Crippen LogP contribution in [-0.2, 0) is 5.41 Å². The minimum Gasteiger partial charge on any atom is -0.395 e. The average Bonchev–Trinajstić information content (AvgIpc) is 2.60. The lowest BCUT2D eigenvalue weighted by Crippen LogP contribution is -2.22. The van der Waals surface area contributed by atoms with Gasteiger partial charge in [-0.1, -0.05) is 26.0 Å². The van der Waals surface area contributed by atoms with E-state index in [1.54, 1.807) is 0 Å². The van der Waals surface area contributed by atoms with Crippen LogP contribution in [0.5, 0.6) is 0 Å². The van der Waals surface area contributed by atoms with Crippen LogP contribution in [0.4, 0.5) is 0 Å². The topological polar surface area (TPSA) is 48.9 Å². The maximum atomic E-state index is 9.39. The fraction of sp³-hybridized carbons (Fsp3) is 0.364. The Morgan fingerprint density at radius 1 is 1.47 bits per heavy atom. The molecule has 4 heteroatoms. The number of H-pyrrole nitrogens is 1. The van der Waals surface area contributed by atoms with E-state index in [4.69, 9.17) is 0 Å². The van der Waals surface area contributed by atoms with Gasteiger partial charge < -0.3 is 5.11 Å². The molecular weight excluding hydrogens is 256 g/mol. The molecule has 0 radical (unpaired) electrons. The second-order valence-electron chi connectivity index (χ2n) is 4.28. The molecule has 0 saturated carbocycles. The standard InChI is InChI=1S/C11H13BrN2O/c1-11(2,6-15)7-4-3-5-8-9(7)10(12)14-13-8/h3-5,15H,6H2,1-2H3,(H,13,14).